The largest absolute Gasteiger partial charge is 1.00 e. The Morgan fingerprint density at radius 1 is 1.35 bits per heavy atom. The van der Waals surface area contributed by atoms with E-state index >= 15 is 0 Å². The maximum absolute atomic E-state index is 12.0. The number of non-ortho nitro benzene ring substituents is 1. The molecule has 26 heavy (non-hydrogen) atoms. The minimum Gasteiger partial charge on any atom is -1.00 e. The molecule has 10 nitrogen and oxygen atoms in total. The number of carbonyl (C=O) groups excluding carboxylic acids is 1. The van der Waals surface area contributed by atoms with Crippen molar-refractivity contribution >= 4 is 21.4 Å². The number of hydrogen-bond donors (Lipinski definition) is 4. The molecule has 1 amide bonds. The van der Waals surface area contributed by atoms with Crippen LogP contribution in [0.5, 0.6) is 0 Å². The smallest absolute Gasteiger partial charge is 0.278 e. The van der Waals surface area contributed by atoms with Crippen LogP contribution in [-0.2, 0) is 14.6 Å². The highest BCUT2D eigenvalue weighted by molar-refractivity contribution is 7.90. The first-order chi connectivity index (χ1) is 11.5. The summed E-state index contributed by atoms with van der Waals surface area (Å²) in [5.41, 5.74) is 3.70. The second kappa shape index (κ2) is 10.4. The molecular formula is C14H22ClN3O7S. The van der Waals surface area contributed by atoms with Crippen molar-refractivity contribution in [1.29, 1.82) is 0 Å². The van der Waals surface area contributed by atoms with Gasteiger partial charge in [0.2, 0.25) is 0 Å². The van der Waals surface area contributed by atoms with Gasteiger partial charge < -0.3 is 33.7 Å². The summed E-state index contributed by atoms with van der Waals surface area (Å²) in [4.78, 5) is 22.1. The van der Waals surface area contributed by atoms with E-state index in [1.807, 2.05) is 0 Å². The first-order valence-corrected chi connectivity index (χ1v) is 9.45. The number of benzene rings is 1. The molecule has 0 fully saturated rings. The fourth-order valence-electron chi connectivity index (χ4n) is 2.04. The van der Waals surface area contributed by atoms with Crippen molar-refractivity contribution in [2.45, 2.75) is 24.6 Å². The summed E-state index contributed by atoms with van der Waals surface area (Å²) < 4.78 is 22.2. The number of aliphatic hydroxyl groups is 2. The Labute approximate surface area is 156 Å². The number of amides is 1. The molecule has 6 N–H and O–H groups in total. The number of rotatable bonds is 9. The van der Waals surface area contributed by atoms with Gasteiger partial charge in [-0.3, -0.25) is 14.9 Å². The molecule has 0 radical (unpaired) electrons. The van der Waals surface area contributed by atoms with Gasteiger partial charge >= 0.3 is 0 Å². The molecule has 0 unspecified atom stereocenters. The van der Waals surface area contributed by atoms with Crippen LogP contribution in [0, 0.1) is 10.1 Å². The lowest BCUT2D eigenvalue weighted by molar-refractivity contribution is -0.404. The SMILES string of the molecule is CS(=O)(=O)CC[C@H]([NH3+])C(=O)N[C@@H](CO)[C@@H](O)c1ccc([N+](=O)[O-])cc1.[Cl-]. The normalized spacial score (nSPS) is 14.6. The van der Waals surface area contributed by atoms with E-state index in [0.717, 1.165) is 6.26 Å². The number of nitro benzene ring substituents is 1. The zero-order valence-electron chi connectivity index (χ0n) is 14.0. The molecule has 0 saturated heterocycles. The third kappa shape index (κ3) is 7.62. The second-order valence-electron chi connectivity index (χ2n) is 5.71. The summed E-state index contributed by atoms with van der Waals surface area (Å²) in [5.74, 6) is -0.813. The molecule has 0 spiro atoms. The molecule has 12 heteroatoms. The highest BCUT2D eigenvalue weighted by atomic mass is 35.5. The van der Waals surface area contributed by atoms with Gasteiger partial charge in [0.25, 0.3) is 11.6 Å². The minimum atomic E-state index is -3.23. The van der Waals surface area contributed by atoms with Crippen LogP contribution >= 0.6 is 0 Å². The number of aliphatic hydroxyl groups excluding tert-OH is 2. The standard InChI is InChI=1S/C14H21N3O7S.ClH/c1-25(23,24)7-6-11(15)14(20)16-12(8-18)13(19)9-2-4-10(5-3-9)17(21)22;/h2-5,11-13,18-19H,6-8,15H2,1H3,(H,16,20);1H/t11-,12-,13-;/m0./s1. The molecular weight excluding hydrogens is 390 g/mol. The highest BCUT2D eigenvalue weighted by Gasteiger charge is 2.27. The van der Waals surface area contributed by atoms with E-state index in [-0.39, 0.29) is 35.8 Å². The summed E-state index contributed by atoms with van der Waals surface area (Å²) in [7, 11) is -3.23. The van der Waals surface area contributed by atoms with Gasteiger partial charge in [0.1, 0.15) is 15.9 Å². The number of halogens is 1. The Morgan fingerprint density at radius 2 is 1.88 bits per heavy atom. The second-order valence-corrected chi connectivity index (χ2v) is 7.97. The van der Waals surface area contributed by atoms with Crippen LogP contribution in [0.3, 0.4) is 0 Å². The van der Waals surface area contributed by atoms with Gasteiger partial charge in [-0.1, -0.05) is 0 Å². The van der Waals surface area contributed by atoms with Crippen LogP contribution in [-0.4, -0.2) is 60.2 Å². The Morgan fingerprint density at radius 3 is 2.31 bits per heavy atom. The van der Waals surface area contributed by atoms with E-state index in [4.69, 9.17) is 0 Å². The molecule has 3 atom stereocenters. The van der Waals surface area contributed by atoms with Crippen LogP contribution in [0.2, 0.25) is 0 Å². The number of nitrogens with one attached hydrogen (secondary N) is 1. The van der Waals surface area contributed by atoms with Crippen molar-refractivity contribution in [1.82, 2.24) is 5.32 Å². The van der Waals surface area contributed by atoms with Crippen LogP contribution < -0.4 is 23.5 Å². The molecule has 0 saturated carbocycles. The van der Waals surface area contributed by atoms with E-state index < -0.39 is 45.5 Å². The third-order valence-electron chi connectivity index (χ3n) is 3.56. The van der Waals surface area contributed by atoms with E-state index in [1.54, 1.807) is 0 Å². The first kappa shape index (κ1) is 24.2. The van der Waals surface area contributed by atoms with Crippen LogP contribution in [0.25, 0.3) is 0 Å². The molecule has 1 rings (SSSR count). The van der Waals surface area contributed by atoms with Gasteiger partial charge in [0.15, 0.2) is 6.04 Å². The van der Waals surface area contributed by atoms with Crippen molar-refractivity contribution < 1.29 is 46.5 Å². The first-order valence-electron chi connectivity index (χ1n) is 7.39. The van der Waals surface area contributed by atoms with Crippen molar-refractivity contribution in [3.8, 4) is 0 Å². The van der Waals surface area contributed by atoms with Crippen molar-refractivity contribution in [2.24, 2.45) is 0 Å². The molecule has 0 aliphatic heterocycles. The molecule has 1 aromatic rings. The van der Waals surface area contributed by atoms with E-state index in [2.05, 4.69) is 11.1 Å². The van der Waals surface area contributed by atoms with Crippen LogP contribution in [0.15, 0.2) is 24.3 Å². The number of quaternary nitrogens is 1. The summed E-state index contributed by atoms with van der Waals surface area (Å²) in [6.07, 6.45) is -0.236. The van der Waals surface area contributed by atoms with Crippen molar-refractivity contribution in [3.05, 3.63) is 39.9 Å². The summed E-state index contributed by atoms with van der Waals surface area (Å²) >= 11 is 0. The maximum atomic E-state index is 12.0. The number of nitro groups is 1. The quantitative estimate of drug-likeness (QED) is 0.233. The zero-order chi connectivity index (χ0) is 19.2. The Balaban J connectivity index is 0.00000625. The Hall–Kier alpha value is -1.79. The summed E-state index contributed by atoms with van der Waals surface area (Å²) in [6, 6.07) is 3.12. The van der Waals surface area contributed by atoms with Gasteiger partial charge in [-0.25, -0.2) is 8.42 Å². The predicted molar refractivity (Wildman–Crippen MR) is 88.1 cm³/mol. The van der Waals surface area contributed by atoms with Crippen LogP contribution in [0.1, 0.15) is 18.1 Å². The lowest BCUT2D eigenvalue weighted by Gasteiger charge is -2.23. The van der Waals surface area contributed by atoms with E-state index in [9.17, 15) is 33.5 Å². The average molecular weight is 412 g/mol. The molecule has 0 aromatic heterocycles. The monoisotopic (exact) mass is 411 g/mol. The van der Waals surface area contributed by atoms with Crippen molar-refractivity contribution in [3.63, 3.8) is 0 Å². The molecule has 0 aliphatic rings. The number of carbonyl (C=O) groups is 1. The fourth-order valence-corrected chi connectivity index (χ4v) is 2.75. The number of hydrogen-bond acceptors (Lipinski definition) is 7. The topological polar surface area (TPSA) is 174 Å². The molecule has 0 bridgehead atoms. The third-order valence-corrected chi connectivity index (χ3v) is 4.54. The van der Waals surface area contributed by atoms with E-state index in [0.29, 0.717) is 0 Å². The predicted octanol–water partition coefficient (Wildman–Crippen LogP) is -4.85. The minimum absolute atomic E-state index is 0. The Kier molecular flexibility index (Phi) is 9.67. The number of nitrogens with zero attached hydrogens (tertiary/aromatic N) is 1. The molecule has 148 valence electrons. The van der Waals surface area contributed by atoms with Gasteiger partial charge in [0, 0.05) is 24.8 Å². The van der Waals surface area contributed by atoms with Gasteiger partial charge in [-0.2, -0.15) is 0 Å². The van der Waals surface area contributed by atoms with E-state index in [1.165, 1.54) is 24.3 Å². The fraction of sp³-hybridized carbons (Fsp3) is 0.500. The van der Waals surface area contributed by atoms with Gasteiger partial charge in [0.05, 0.1) is 23.3 Å². The maximum Gasteiger partial charge on any atom is 0.278 e. The van der Waals surface area contributed by atoms with Crippen molar-refractivity contribution in [2.75, 3.05) is 18.6 Å². The summed E-state index contributed by atoms with van der Waals surface area (Å²) in [6.45, 7) is -0.581. The molecule has 1 aromatic carbocycles. The zero-order valence-corrected chi connectivity index (χ0v) is 15.6. The lowest BCUT2D eigenvalue weighted by atomic mass is 10.0. The van der Waals surface area contributed by atoms with Gasteiger partial charge in [-0.15, -0.1) is 0 Å². The van der Waals surface area contributed by atoms with Gasteiger partial charge in [-0.05, 0) is 17.7 Å². The Bertz CT molecular complexity index is 712. The average Bonchev–Trinajstić information content (AvgIpc) is 2.56. The van der Waals surface area contributed by atoms with Crippen LogP contribution in [0.4, 0.5) is 5.69 Å². The molecule has 0 heterocycles. The summed E-state index contributed by atoms with van der Waals surface area (Å²) in [5, 5.41) is 32.7. The lowest BCUT2D eigenvalue weighted by Crippen LogP contribution is -3.00. The molecule has 0 aliphatic carbocycles. The highest BCUT2D eigenvalue weighted by Crippen LogP contribution is 2.20. The number of sulfone groups is 1.